The maximum atomic E-state index is 11.5. The van der Waals surface area contributed by atoms with E-state index in [0.29, 0.717) is 0 Å². The highest BCUT2D eigenvalue weighted by Crippen LogP contribution is 2.26. The minimum Gasteiger partial charge on any atom is -0.480 e. The summed E-state index contributed by atoms with van der Waals surface area (Å²) in [6, 6.07) is -0.104. The number of aliphatic carboxylic acids is 1. The molecule has 0 aromatic heterocycles. The zero-order chi connectivity index (χ0) is 10.7. The lowest BCUT2D eigenvalue weighted by molar-refractivity contribution is -0.137. The van der Waals surface area contributed by atoms with Gasteiger partial charge in [-0.15, -0.1) is 0 Å². The summed E-state index contributed by atoms with van der Waals surface area (Å²) < 4.78 is 0. The molecule has 5 nitrogen and oxygen atoms in total. The van der Waals surface area contributed by atoms with E-state index in [1.54, 1.807) is 0 Å². The van der Waals surface area contributed by atoms with Crippen molar-refractivity contribution in [1.82, 2.24) is 10.2 Å². The van der Waals surface area contributed by atoms with Gasteiger partial charge in [-0.3, -0.25) is 4.79 Å². The molecule has 1 fully saturated rings. The summed E-state index contributed by atoms with van der Waals surface area (Å²) in [5, 5.41) is 11.3. The predicted octanol–water partition coefficient (Wildman–Crippen LogP) is 0.653. The maximum absolute atomic E-state index is 11.5. The molecule has 0 heterocycles. The largest absolute Gasteiger partial charge is 0.480 e. The van der Waals surface area contributed by atoms with Crippen molar-refractivity contribution in [3.63, 3.8) is 0 Å². The number of hydrogen-bond acceptors (Lipinski definition) is 2. The van der Waals surface area contributed by atoms with E-state index in [1.807, 2.05) is 13.8 Å². The van der Waals surface area contributed by atoms with Gasteiger partial charge in [0.1, 0.15) is 6.54 Å². The minimum absolute atomic E-state index is 0.0394. The Morgan fingerprint density at radius 3 is 2.43 bits per heavy atom. The average Bonchev–Trinajstić information content (AvgIpc) is 2.80. The zero-order valence-electron chi connectivity index (χ0n) is 8.49. The molecule has 1 aliphatic rings. The molecule has 0 atom stereocenters. The van der Waals surface area contributed by atoms with Gasteiger partial charge < -0.3 is 15.3 Å². The topological polar surface area (TPSA) is 69.6 Å². The number of hydrogen-bond donors (Lipinski definition) is 2. The van der Waals surface area contributed by atoms with Crippen LogP contribution in [-0.4, -0.2) is 40.6 Å². The van der Waals surface area contributed by atoms with Crippen molar-refractivity contribution >= 4 is 12.0 Å². The van der Waals surface area contributed by atoms with Crippen molar-refractivity contribution in [3.8, 4) is 0 Å². The molecule has 0 radical (unpaired) electrons. The normalized spacial score (nSPS) is 15.4. The molecule has 0 bridgehead atoms. The summed E-state index contributed by atoms with van der Waals surface area (Å²) in [4.78, 5) is 23.4. The van der Waals surface area contributed by atoms with Crippen LogP contribution in [0.3, 0.4) is 0 Å². The van der Waals surface area contributed by atoms with Gasteiger partial charge in [0.05, 0.1) is 0 Å². The van der Waals surface area contributed by atoms with Gasteiger partial charge in [0.15, 0.2) is 0 Å². The Morgan fingerprint density at radius 2 is 2.07 bits per heavy atom. The van der Waals surface area contributed by atoms with Crippen LogP contribution in [0, 0.1) is 0 Å². The third-order valence-corrected chi connectivity index (χ3v) is 1.97. The highest BCUT2D eigenvalue weighted by atomic mass is 16.4. The highest BCUT2D eigenvalue weighted by Gasteiger charge is 2.33. The zero-order valence-corrected chi connectivity index (χ0v) is 8.49. The Hall–Kier alpha value is -1.26. The number of carboxylic acid groups (broad SMARTS) is 1. The lowest BCUT2D eigenvalue weighted by Crippen LogP contribution is -2.46. The Kier molecular flexibility index (Phi) is 3.33. The van der Waals surface area contributed by atoms with Crippen molar-refractivity contribution < 1.29 is 14.7 Å². The summed E-state index contributed by atoms with van der Waals surface area (Å²) in [6.07, 6.45) is 1.83. The van der Waals surface area contributed by atoms with Crippen molar-refractivity contribution in [1.29, 1.82) is 0 Å². The second-order valence-corrected chi connectivity index (χ2v) is 3.86. The molecule has 0 aromatic carbocycles. The van der Waals surface area contributed by atoms with Gasteiger partial charge in [-0.2, -0.15) is 0 Å². The number of carboxylic acids is 1. The lowest BCUT2D eigenvalue weighted by Gasteiger charge is -2.22. The number of urea groups is 1. The van der Waals surface area contributed by atoms with Gasteiger partial charge in [0.2, 0.25) is 0 Å². The number of amides is 2. The minimum atomic E-state index is -0.962. The molecule has 5 heteroatoms. The van der Waals surface area contributed by atoms with E-state index in [-0.39, 0.29) is 24.7 Å². The molecular weight excluding hydrogens is 184 g/mol. The molecule has 2 amide bonds. The second kappa shape index (κ2) is 4.30. The van der Waals surface area contributed by atoms with E-state index in [1.165, 1.54) is 4.90 Å². The Labute approximate surface area is 83.1 Å². The van der Waals surface area contributed by atoms with Crippen LogP contribution in [0.2, 0.25) is 0 Å². The fraction of sp³-hybridized carbons (Fsp3) is 0.778. The summed E-state index contributed by atoms with van der Waals surface area (Å²) >= 11 is 0. The number of nitrogens with zero attached hydrogens (tertiary/aromatic N) is 1. The van der Waals surface area contributed by atoms with Crippen molar-refractivity contribution in [3.05, 3.63) is 0 Å². The van der Waals surface area contributed by atoms with Gasteiger partial charge in [-0.1, -0.05) is 0 Å². The van der Waals surface area contributed by atoms with E-state index in [0.717, 1.165) is 12.8 Å². The molecule has 1 rings (SSSR count). The van der Waals surface area contributed by atoms with Crippen molar-refractivity contribution in [2.24, 2.45) is 0 Å². The molecule has 0 unspecified atom stereocenters. The molecule has 0 saturated heterocycles. The summed E-state index contributed by atoms with van der Waals surface area (Å²) in [5.41, 5.74) is 0. The van der Waals surface area contributed by atoms with Crippen LogP contribution in [0.15, 0.2) is 0 Å². The highest BCUT2D eigenvalue weighted by molar-refractivity contribution is 5.80. The number of carbonyl (C=O) groups excluding carboxylic acids is 1. The molecule has 80 valence electrons. The van der Waals surface area contributed by atoms with E-state index in [4.69, 9.17) is 5.11 Å². The first-order valence-electron chi connectivity index (χ1n) is 4.79. The van der Waals surface area contributed by atoms with Crippen LogP contribution < -0.4 is 5.32 Å². The van der Waals surface area contributed by atoms with Crippen LogP contribution in [-0.2, 0) is 4.79 Å². The van der Waals surface area contributed by atoms with Crippen molar-refractivity contribution in [2.75, 3.05) is 6.54 Å². The van der Waals surface area contributed by atoms with Gasteiger partial charge in [0.25, 0.3) is 0 Å². The standard InChI is InChI=1S/C9H16N2O3/c1-6(2)10-9(14)11(5-8(12)13)7-3-4-7/h6-7H,3-5H2,1-2H3,(H,10,14)(H,12,13). The Balaban J connectivity index is 2.48. The fourth-order valence-electron chi connectivity index (χ4n) is 1.23. The van der Waals surface area contributed by atoms with Crippen LogP contribution in [0.1, 0.15) is 26.7 Å². The molecular formula is C9H16N2O3. The first kappa shape index (κ1) is 10.8. The van der Waals surface area contributed by atoms with Gasteiger partial charge >= 0.3 is 12.0 Å². The van der Waals surface area contributed by atoms with Crippen LogP contribution >= 0.6 is 0 Å². The molecule has 14 heavy (non-hydrogen) atoms. The number of nitrogens with one attached hydrogen (secondary N) is 1. The van der Waals surface area contributed by atoms with Gasteiger partial charge in [-0.05, 0) is 26.7 Å². The fourth-order valence-corrected chi connectivity index (χ4v) is 1.23. The third-order valence-electron chi connectivity index (χ3n) is 1.97. The summed E-state index contributed by atoms with van der Waals surface area (Å²) in [7, 11) is 0. The lowest BCUT2D eigenvalue weighted by atomic mass is 10.4. The quantitative estimate of drug-likeness (QED) is 0.700. The molecule has 0 spiro atoms. The molecule has 1 aliphatic carbocycles. The SMILES string of the molecule is CC(C)NC(=O)N(CC(=O)O)C1CC1. The summed E-state index contributed by atoms with van der Waals surface area (Å²) in [5.74, 6) is -0.962. The van der Waals surface area contributed by atoms with Crippen molar-refractivity contribution in [2.45, 2.75) is 38.8 Å². The molecule has 0 aromatic rings. The van der Waals surface area contributed by atoms with Gasteiger partial charge in [0, 0.05) is 12.1 Å². The maximum Gasteiger partial charge on any atom is 0.323 e. The number of rotatable bonds is 4. The third kappa shape index (κ3) is 3.24. The Bertz CT molecular complexity index is 236. The molecule has 2 N–H and O–H groups in total. The van der Waals surface area contributed by atoms with Gasteiger partial charge in [-0.25, -0.2) is 4.79 Å². The van der Waals surface area contributed by atoms with E-state index >= 15 is 0 Å². The molecule has 0 aliphatic heterocycles. The smallest absolute Gasteiger partial charge is 0.323 e. The molecule has 1 saturated carbocycles. The monoisotopic (exact) mass is 200 g/mol. The average molecular weight is 200 g/mol. The van der Waals surface area contributed by atoms with E-state index < -0.39 is 5.97 Å². The van der Waals surface area contributed by atoms with Crippen LogP contribution in [0.25, 0.3) is 0 Å². The van der Waals surface area contributed by atoms with E-state index in [9.17, 15) is 9.59 Å². The van der Waals surface area contributed by atoms with Crippen LogP contribution in [0.5, 0.6) is 0 Å². The Morgan fingerprint density at radius 1 is 1.50 bits per heavy atom. The summed E-state index contributed by atoms with van der Waals surface area (Å²) in [6.45, 7) is 3.50. The number of carbonyl (C=O) groups is 2. The van der Waals surface area contributed by atoms with Crippen LogP contribution in [0.4, 0.5) is 4.79 Å². The first-order chi connectivity index (χ1) is 6.50. The predicted molar refractivity (Wildman–Crippen MR) is 51.0 cm³/mol. The second-order valence-electron chi connectivity index (χ2n) is 3.86. The van der Waals surface area contributed by atoms with E-state index in [2.05, 4.69) is 5.32 Å². The first-order valence-corrected chi connectivity index (χ1v) is 4.79.